The van der Waals surface area contributed by atoms with Gasteiger partial charge in [-0.05, 0) is 28.1 Å². The van der Waals surface area contributed by atoms with Gasteiger partial charge in [0, 0.05) is 0 Å². The zero-order valence-corrected chi connectivity index (χ0v) is 8.11. The molecule has 1 aromatic rings. The van der Waals surface area contributed by atoms with Crippen LogP contribution in [-0.2, 0) is 6.18 Å². The Kier molecular flexibility index (Phi) is 2.80. The van der Waals surface area contributed by atoms with E-state index in [9.17, 15) is 13.2 Å². The van der Waals surface area contributed by atoms with Gasteiger partial charge in [-0.15, -0.1) is 0 Å². The molecule has 13 heavy (non-hydrogen) atoms. The van der Waals surface area contributed by atoms with Crippen LogP contribution in [0.15, 0.2) is 16.7 Å². The Morgan fingerprint density at radius 2 is 2.00 bits per heavy atom. The molecule has 0 bridgehead atoms. The van der Waals surface area contributed by atoms with Crippen molar-refractivity contribution in [1.29, 1.82) is 0 Å². The minimum atomic E-state index is -4.43. The third-order valence-electron chi connectivity index (χ3n) is 1.33. The van der Waals surface area contributed by atoms with Crippen molar-refractivity contribution in [1.82, 2.24) is 4.98 Å². The molecule has 0 fully saturated rings. The number of pyridine rings is 1. The molecule has 0 aliphatic rings. The molecule has 1 aromatic heterocycles. The monoisotopic (exact) mass is 255 g/mol. The van der Waals surface area contributed by atoms with Crippen molar-refractivity contribution < 1.29 is 17.9 Å². The van der Waals surface area contributed by atoms with Crippen molar-refractivity contribution >= 4 is 15.9 Å². The fraction of sp³-hybridized carbons (Fsp3) is 0.286. The predicted octanol–water partition coefficient (Wildman–Crippen LogP) is 2.87. The SMILES string of the molecule is COc1nc(Br)ccc1C(F)(F)F. The van der Waals surface area contributed by atoms with Crippen LogP contribution >= 0.6 is 15.9 Å². The summed E-state index contributed by atoms with van der Waals surface area (Å²) >= 11 is 2.95. The highest BCUT2D eigenvalue weighted by Gasteiger charge is 2.35. The van der Waals surface area contributed by atoms with Crippen molar-refractivity contribution in [3.05, 3.63) is 22.3 Å². The Hall–Kier alpha value is -0.780. The van der Waals surface area contributed by atoms with E-state index in [0.29, 0.717) is 4.60 Å². The van der Waals surface area contributed by atoms with Gasteiger partial charge < -0.3 is 4.74 Å². The Bertz CT molecular complexity index is 313. The molecule has 0 aliphatic carbocycles. The summed E-state index contributed by atoms with van der Waals surface area (Å²) in [6.45, 7) is 0. The number of hydrogen-bond donors (Lipinski definition) is 0. The number of halogens is 4. The van der Waals surface area contributed by atoms with Gasteiger partial charge >= 0.3 is 6.18 Å². The normalized spacial score (nSPS) is 11.5. The Morgan fingerprint density at radius 1 is 1.38 bits per heavy atom. The third-order valence-corrected chi connectivity index (χ3v) is 1.77. The van der Waals surface area contributed by atoms with Crippen molar-refractivity contribution in [3.8, 4) is 5.88 Å². The fourth-order valence-corrected chi connectivity index (χ4v) is 1.08. The van der Waals surface area contributed by atoms with Crippen molar-refractivity contribution in [2.45, 2.75) is 6.18 Å². The summed E-state index contributed by atoms with van der Waals surface area (Å²) in [5.74, 6) is -0.429. The summed E-state index contributed by atoms with van der Waals surface area (Å²) in [6, 6.07) is 2.13. The molecule has 0 saturated heterocycles. The minimum Gasteiger partial charge on any atom is -0.481 e. The van der Waals surface area contributed by atoms with Crippen molar-refractivity contribution in [2.75, 3.05) is 7.11 Å². The van der Waals surface area contributed by atoms with E-state index in [4.69, 9.17) is 0 Å². The molecule has 1 rings (SSSR count). The summed E-state index contributed by atoms with van der Waals surface area (Å²) in [6.07, 6.45) is -4.43. The lowest BCUT2D eigenvalue weighted by Crippen LogP contribution is -2.08. The molecule has 0 aliphatic heterocycles. The van der Waals surface area contributed by atoms with Crippen LogP contribution in [0.1, 0.15) is 5.56 Å². The van der Waals surface area contributed by atoms with E-state index in [-0.39, 0.29) is 0 Å². The number of aromatic nitrogens is 1. The highest BCUT2D eigenvalue weighted by atomic mass is 79.9. The van der Waals surface area contributed by atoms with Gasteiger partial charge in [0.15, 0.2) is 0 Å². The first kappa shape index (κ1) is 10.3. The van der Waals surface area contributed by atoms with E-state index in [1.54, 1.807) is 0 Å². The molecule has 2 nitrogen and oxygen atoms in total. The molecule has 0 amide bonds. The lowest BCUT2D eigenvalue weighted by atomic mass is 10.2. The Labute approximate surface area is 80.9 Å². The molecule has 6 heteroatoms. The maximum atomic E-state index is 12.2. The van der Waals surface area contributed by atoms with Gasteiger partial charge in [-0.3, -0.25) is 0 Å². The first-order chi connectivity index (χ1) is 5.95. The molecule has 0 aromatic carbocycles. The zero-order valence-electron chi connectivity index (χ0n) is 6.52. The van der Waals surface area contributed by atoms with Crippen LogP contribution in [0.3, 0.4) is 0 Å². The number of ether oxygens (including phenoxy) is 1. The Balaban J connectivity index is 3.22. The van der Waals surface area contributed by atoms with E-state index >= 15 is 0 Å². The first-order valence-electron chi connectivity index (χ1n) is 3.23. The first-order valence-corrected chi connectivity index (χ1v) is 4.02. The molecule has 0 N–H and O–H groups in total. The highest BCUT2D eigenvalue weighted by molar-refractivity contribution is 9.10. The van der Waals surface area contributed by atoms with Gasteiger partial charge in [-0.1, -0.05) is 0 Å². The summed E-state index contributed by atoms with van der Waals surface area (Å²) in [7, 11) is 1.14. The van der Waals surface area contributed by atoms with Gasteiger partial charge in [0.2, 0.25) is 5.88 Å². The second-order valence-electron chi connectivity index (χ2n) is 2.19. The second kappa shape index (κ2) is 3.53. The molecule has 0 unspecified atom stereocenters. The van der Waals surface area contributed by atoms with E-state index in [0.717, 1.165) is 13.2 Å². The van der Waals surface area contributed by atoms with Crippen LogP contribution in [0.25, 0.3) is 0 Å². The lowest BCUT2D eigenvalue weighted by molar-refractivity contribution is -0.139. The van der Waals surface area contributed by atoms with Crippen LogP contribution in [-0.4, -0.2) is 12.1 Å². The minimum absolute atomic E-state index is 0.303. The standard InChI is InChI=1S/C7H5BrF3NO/c1-13-6-4(7(9,10)11)2-3-5(8)12-6/h2-3H,1H3. The van der Waals surface area contributed by atoms with E-state index in [2.05, 4.69) is 25.7 Å². The van der Waals surface area contributed by atoms with Crippen LogP contribution in [0.2, 0.25) is 0 Å². The quantitative estimate of drug-likeness (QED) is 0.721. The topological polar surface area (TPSA) is 22.1 Å². The molecule has 1 heterocycles. The van der Waals surface area contributed by atoms with Crippen LogP contribution in [0.4, 0.5) is 13.2 Å². The molecule has 0 atom stereocenters. The number of nitrogens with zero attached hydrogens (tertiary/aromatic N) is 1. The number of hydrogen-bond acceptors (Lipinski definition) is 2. The number of rotatable bonds is 1. The average Bonchev–Trinajstić information content (AvgIpc) is 2.01. The molecule has 0 radical (unpaired) electrons. The fourth-order valence-electron chi connectivity index (χ4n) is 0.789. The maximum Gasteiger partial charge on any atom is 0.421 e. The average molecular weight is 256 g/mol. The van der Waals surface area contributed by atoms with Gasteiger partial charge in [0.25, 0.3) is 0 Å². The number of alkyl halides is 3. The predicted molar refractivity (Wildman–Crippen MR) is 43.5 cm³/mol. The third kappa shape index (κ3) is 2.33. The lowest BCUT2D eigenvalue weighted by Gasteiger charge is -2.10. The van der Waals surface area contributed by atoms with E-state index in [1.165, 1.54) is 6.07 Å². The summed E-state index contributed by atoms with van der Waals surface area (Å²) in [5.41, 5.74) is -0.877. The summed E-state index contributed by atoms with van der Waals surface area (Å²) in [4.78, 5) is 3.53. The molecular weight excluding hydrogens is 251 g/mol. The van der Waals surface area contributed by atoms with Gasteiger partial charge in [-0.2, -0.15) is 13.2 Å². The highest BCUT2D eigenvalue weighted by Crippen LogP contribution is 2.35. The zero-order chi connectivity index (χ0) is 10.1. The van der Waals surface area contributed by atoms with Crippen LogP contribution in [0, 0.1) is 0 Å². The molecule has 72 valence electrons. The van der Waals surface area contributed by atoms with Gasteiger partial charge in [-0.25, -0.2) is 4.98 Å². The number of methoxy groups -OCH3 is 1. The summed E-state index contributed by atoms with van der Waals surface area (Å²) in [5, 5.41) is 0. The molecular formula is C7H5BrF3NO. The molecule has 0 saturated carbocycles. The van der Waals surface area contributed by atoms with Gasteiger partial charge in [0.05, 0.1) is 7.11 Å². The van der Waals surface area contributed by atoms with Crippen molar-refractivity contribution in [2.24, 2.45) is 0 Å². The van der Waals surface area contributed by atoms with Crippen molar-refractivity contribution in [3.63, 3.8) is 0 Å². The maximum absolute atomic E-state index is 12.2. The smallest absolute Gasteiger partial charge is 0.421 e. The summed E-state index contributed by atoms with van der Waals surface area (Å²) < 4.78 is 41.5. The van der Waals surface area contributed by atoms with E-state index in [1.807, 2.05) is 0 Å². The van der Waals surface area contributed by atoms with Crippen LogP contribution < -0.4 is 4.74 Å². The van der Waals surface area contributed by atoms with Crippen LogP contribution in [0.5, 0.6) is 5.88 Å². The molecule has 0 spiro atoms. The second-order valence-corrected chi connectivity index (χ2v) is 3.00. The van der Waals surface area contributed by atoms with Gasteiger partial charge in [0.1, 0.15) is 10.2 Å². The Morgan fingerprint density at radius 3 is 2.46 bits per heavy atom. The largest absolute Gasteiger partial charge is 0.481 e. The van der Waals surface area contributed by atoms with E-state index < -0.39 is 17.6 Å².